The second kappa shape index (κ2) is 9.62. The summed E-state index contributed by atoms with van der Waals surface area (Å²) in [5, 5.41) is 0.676. The van der Waals surface area contributed by atoms with Gasteiger partial charge in [-0.1, -0.05) is 42.0 Å². The van der Waals surface area contributed by atoms with Crippen LogP contribution in [-0.2, 0) is 9.53 Å². The number of nitrogens with zero attached hydrogens (tertiary/aromatic N) is 1. The number of morpholine rings is 1. The fourth-order valence-corrected chi connectivity index (χ4v) is 3.21. The van der Waals surface area contributed by atoms with E-state index < -0.39 is 0 Å². The lowest BCUT2D eigenvalue weighted by atomic mass is 10.1. The fraction of sp³-hybridized carbons (Fsp3) is 0.318. The van der Waals surface area contributed by atoms with E-state index >= 15 is 0 Å². The highest BCUT2D eigenvalue weighted by molar-refractivity contribution is 6.30. The molecule has 0 spiro atoms. The van der Waals surface area contributed by atoms with Crippen molar-refractivity contribution in [1.29, 1.82) is 0 Å². The number of amides is 1. The van der Waals surface area contributed by atoms with Gasteiger partial charge in [0.1, 0.15) is 6.10 Å². The number of carbonyl (C=O) groups is 1. The van der Waals surface area contributed by atoms with Gasteiger partial charge in [0.25, 0.3) is 5.91 Å². The summed E-state index contributed by atoms with van der Waals surface area (Å²) in [6, 6.07) is 13.1. The molecule has 1 atom stereocenters. The largest absolute Gasteiger partial charge is 0.493 e. The van der Waals surface area contributed by atoms with E-state index in [4.69, 9.17) is 25.8 Å². The van der Waals surface area contributed by atoms with Gasteiger partial charge in [0, 0.05) is 11.6 Å². The monoisotopic (exact) mass is 401 g/mol. The molecule has 148 valence electrons. The molecule has 1 fully saturated rings. The van der Waals surface area contributed by atoms with E-state index in [0.717, 1.165) is 11.1 Å². The number of rotatable bonds is 6. The number of ether oxygens (including phenoxy) is 3. The van der Waals surface area contributed by atoms with Crippen molar-refractivity contribution in [1.82, 2.24) is 4.90 Å². The van der Waals surface area contributed by atoms with Crippen LogP contribution in [0.4, 0.5) is 0 Å². The van der Waals surface area contributed by atoms with E-state index in [0.29, 0.717) is 36.2 Å². The highest BCUT2D eigenvalue weighted by Crippen LogP contribution is 2.29. The second-order valence-corrected chi connectivity index (χ2v) is 6.89. The average Bonchev–Trinajstić information content (AvgIpc) is 2.73. The van der Waals surface area contributed by atoms with Crippen LogP contribution in [0.5, 0.6) is 11.5 Å². The van der Waals surface area contributed by atoms with E-state index in [1.165, 1.54) is 0 Å². The summed E-state index contributed by atoms with van der Waals surface area (Å²) >= 11 is 5.95. The first-order valence-electron chi connectivity index (χ1n) is 9.19. The third-order valence-electron chi connectivity index (χ3n) is 4.56. The van der Waals surface area contributed by atoms with Crippen molar-refractivity contribution in [3.8, 4) is 11.5 Å². The summed E-state index contributed by atoms with van der Waals surface area (Å²) in [5.74, 6) is 1.07. The van der Waals surface area contributed by atoms with E-state index in [1.54, 1.807) is 12.0 Å². The van der Waals surface area contributed by atoms with Crippen molar-refractivity contribution in [2.75, 3.05) is 33.4 Å². The minimum atomic E-state index is -0.162. The Hall–Kier alpha value is -2.50. The van der Waals surface area contributed by atoms with Crippen LogP contribution in [0.25, 0.3) is 6.08 Å². The predicted octanol–water partition coefficient (Wildman–Crippen LogP) is 4.36. The van der Waals surface area contributed by atoms with Gasteiger partial charge in [0.2, 0.25) is 0 Å². The molecule has 1 unspecified atom stereocenters. The average molecular weight is 402 g/mol. The Balaban J connectivity index is 1.60. The molecule has 0 radical (unpaired) electrons. The zero-order valence-electron chi connectivity index (χ0n) is 16.1. The molecular weight excluding hydrogens is 378 g/mol. The van der Waals surface area contributed by atoms with Gasteiger partial charge in [-0.05, 0) is 42.3 Å². The van der Waals surface area contributed by atoms with E-state index in [9.17, 15) is 4.79 Å². The molecule has 28 heavy (non-hydrogen) atoms. The number of methoxy groups -OCH3 is 1. The Labute approximate surface area is 170 Å². The van der Waals surface area contributed by atoms with Crippen molar-refractivity contribution in [2.24, 2.45) is 0 Å². The summed E-state index contributed by atoms with van der Waals surface area (Å²) in [5.41, 5.74) is 2.01. The van der Waals surface area contributed by atoms with Crippen LogP contribution in [0.15, 0.2) is 48.5 Å². The number of allylic oxidation sites excluding steroid dienone is 1. The van der Waals surface area contributed by atoms with Crippen molar-refractivity contribution in [3.63, 3.8) is 0 Å². The maximum absolute atomic E-state index is 12.6. The first-order valence-corrected chi connectivity index (χ1v) is 9.57. The number of hydrogen-bond acceptors (Lipinski definition) is 4. The van der Waals surface area contributed by atoms with Gasteiger partial charge in [-0.15, -0.1) is 0 Å². The van der Waals surface area contributed by atoms with E-state index in [1.807, 2.05) is 61.5 Å². The lowest BCUT2D eigenvalue weighted by molar-refractivity contribution is -0.141. The van der Waals surface area contributed by atoms with Crippen LogP contribution in [0.3, 0.4) is 0 Å². The first kappa shape index (κ1) is 20.2. The van der Waals surface area contributed by atoms with Crippen molar-refractivity contribution in [3.05, 3.63) is 64.7 Å². The maximum atomic E-state index is 12.6. The van der Waals surface area contributed by atoms with Gasteiger partial charge < -0.3 is 19.1 Å². The summed E-state index contributed by atoms with van der Waals surface area (Å²) in [7, 11) is 1.59. The molecule has 1 saturated heterocycles. The summed E-state index contributed by atoms with van der Waals surface area (Å²) in [6.07, 6.45) is 3.76. The molecule has 3 rings (SSSR count). The number of halogens is 1. The molecule has 0 bridgehead atoms. The molecule has 1 aliphatic heterocycles. The molecule has 0 aromatic heterocycles. The Morgan fingerprint density at radius 1 is 1.25 bits per heavy atom. The molecule has 1 amide bonds. The second-order valence-electron chi connectivity index (χ2n) is 6.45. The zero-order chi connectivity index (χ0) is 19.9. The van der Waals surface area contributed by atoms with Crippen molar-refractivity contribution < 1.29 is 19.0 Å². The fourth-order valence-electron chi connectivity index (χ4n) is 3.09. The quantitative estimate of drug-likeness (QED) is 0.721. The predicted molar refractivity (Wildman–Crippen MR) is 110 cm³/mol. The molecule has 0 saturated carbocycles. The van der Waals surface area contributed by atoms with Crippen LogP contribution in [-0.4, -0.2) is 44.2 Å². The van der Waals surface area contributed by atoms with Gasteiger partial charge in [-0.3, -0.25) is 4.79 Å². The minimum Gasteiger partial charge on any atom is -0.493 e. The third kappa shape index (κ3) is 5.06. The SMILES string of the molecule is C/C=C/c1ccc(OCC(=O)N2CCOC(c3ccc(Cl)cc3)C2)c(OC)c1. The van der Waals surface area contributed by atoms with Crippen LogP contribution >= 0.6 is 11.6 Å². The minimum absolute atomic E-state index is 0.0489. The number of benzene rings is 2. The normalized spacial score (nSPS) is 17.0. The number of carbonyl (C=O) groups excluding carboxylic acids is 1. The van der Waals surface area contributed by atoms with Crippen LogP contribution in [0.2, 0.25) is 5.02 Å². The summed E-state index contributed by atoms with van der Waals surface area (Å²) in [4.78, 5) is 14.4. The maximum Gasteiger partial charge on any atom is 0.260 e. The number of hydrogen-bond donors (Lipinski definition) is 0. The standard InChI is InChI=1S/C22H24ClNO4/c1-3-4-16-5-10-19(20(13-16)26-2)28-15-22(25)24-11-12-27-21(14-24)17-6-8-18(23)9-7-17/h3-10,13,21H,11-12,14-15H2,1-2H3/b4-3+. The van der Waals surface area contributed by atoms with Gasteiger partial charge in [0.05, 0.1) is 20.3 Å². The highest BCUT2D eigenvalue weighted by Gasteiger charge is 2.25. The van der Waals surface area contributed by atoms with Gasteiger partial charge >= 0.3 is 0 Å². The zero-order valence-corrected chi connectivity index (χ0v) is 16.8. The molecule has 1 heterocycles. The van der Waals surface area contributed by atoms with Crippen LogP contribution in [0.1, 0.15) is 24.2 Å². The Morgan fingerprint density at radius 3 is 2.75 bits per heavy atom. The Kier molecular flexibility index (Phi) is 6.95. The first-order chi connectivity index (χ1) is 13.6. The topological polar surface area (TPSA) is 48.0 Å². The van der Waals surface area contributed by atoms with E-state index in [-0.39, 0.29) is 18.6 Å². The third-order valence-corrected chi connectivity index (χ3v) is 4.81. The molecule has 0 N–H and O–H groups in total. The van der Waals surface area contributed by atoms with Crippen LogP contribution < -0.4 is 9.47 Å². The molecular formula is C22H24ClNO4. The summed E-state index contributed by atoms with van der Waals surface area (Å²) < 4.78 is 16.9. The molecule has 1 aliphatic rings. The smallest absolute Gasteiger partial charge is 0.260 e. The molecule has 2 aromatic carbocycles. The Bertz CT molecular complexity index is 835. The lowest BCUT2D eigenvalue weighted by Gasteiger charge is -2.33. The highest BCUT2D eigenvalue weighted by atomic mass is 35.5. The lowest BCUT2D eigenvalue weighted by Crippen LogP contribution is -2.44. The van der Waals surface area contributed by atoms with Gasteiger partial charge in [0.15, 0.2) is 18.1 Å². The Morgan fingerprint density at radius 2 is 2.04 bits per heavy atom. The molecule has 0 aliphatic carbocycles. The van der Waals surface area contributed by atoms with E-state index in [2.05, 4.69) is 0 Å². The van der Waals surface area contributed by atoms with Gasteiger partial charge in [-0.25, -0.2) is 0 Å². The van der Waals surface area contributed by atoms with Gasteiger partial charge in [-0.2, -0.15) is 0 Å². The molecule has 5 nitrogen and oxygen atoms in total. The van der Waals surface area contributed by atoms with Crippen LogP contribution in [0, 0.1) is 0 Å². The van der Waals surface area contributed by atoms with Crippen molar-refractivity contribution >= 4 is 23.6 Å². The summed E-state index contributed by atoms with van der Waals surface area (Å²) in [6.45, 7) is 3.42. The molecule has 6 heteroatoms. The van der Waals surface area contributed by atoms with Crippen molar-refractivity contribution in [2.45, 2.75) is 13.0 Å². The molecule has 2 aromatic rings.